The molecule has 1 unspecified atom stereocenters. The van der Waals surface area contributed by atoms with E-state index in [-0.39, 0.29) is 44.4 Å². The second-order valence-electron chi connectivity index (χ2n) is 17.1. The highest BCUT2D eigenvalue weighted by Crippen LogP contribution is 2.13. The van der Waals surface area contributed by atoms with Crippen molar-refractivity contribution in [3.8, 4) is 0 Å². The minimum Gasteiger partial charge on any atom is -0.462 e. The van der Waals surface area contributed by atoms with Crippen LogP contribution in [0.25, 0.3) is 0 Å². The van der Waals surface area contributed by atoms with Crippen molar-refractivity contribution in [3.63, 3.8) is 0 Å². The molecule has 0 bridgehead atoms. The van der Waals surface area contributed by atoms with Crippen molar-refractivity contribution in [1.29, 1.82) is 0 Å². The molecule has 0 aliphatic heterocycles. The SMILES string of the molecule is CCCCCCCCCCC=CCC=CCCC(=O)OCC(COC(=O)CCC=CCCCCCCCCCCC)OC(=O)CCC=CCC=CCCCCCCCCCC. The Morgan fingerprint density at radius 1 is 0.328 bits per heavy atom. The highest BCUT2D eigenvalue weighted by molar-refractivity contribution is 5.71. The van der Waals surface area contributed by atoms with Crippen LogP contribution < -0.4 is 0 Å². The van der Waals surface area contributed by atoms with Crippen molar-refractivity contribution in [3.05, 3.63) is 60.8 Å². The molecule has 61 heavy (non-hydrogen) atoms. The highest BCUT2D eigenvalue weighted by atomic mass is 16.6. The number of carbonyl (C=O) groups is 3. The van der Waals surface area contributed by atoms with Gasteiger partial charge in [0.25, 0.3) is 0 Å². The molecule has 0 aromatic rings. The first-order valence-corrected chi connectivity index (χ1v) is 25.8. The molecule has 0 fully saturated rings. The van der Waals surface area contributed by atoms with Crippen LogP contribution in [0.4, 0.5) is 0 Å². The zero-order chi connectivity index (χ0) is 44.4. The molecule has 6 nitrogen and oxygen atoms in total. The average Bonchev–Trinajstić information content (AvgIpc) is 3.26. The molecular weight excluding hydrogens is 757 g/mol. The number of allylic oxidation sites excluding steroid dienone is 10. The number of ether oxygens (including phenoxy) is 3. The maximum Gasteiger partial charge on any atom is 0.306 e. The summed E-state index contributed by atoms with van der Waals surface area (Å²) < 4.78 is 16.6. The van der Waals surface area contributed by atoms with Gasteiger partial charge in [0.1, 0.15) is 13.2 Å². The lowest BCUT2D eigenvalue weighted by atomic mass is 10.1. The van der Waals surface area contributed by atoms with Crippen LogP contribution >= 0.6 is 0 Å². The lowest BCUT2D eigenvalue weighted by Crippen LogP contribution is -2.30. The molecule has 0 amide bonds. The summed E-state index contributed by atoms with van der Waals surface area (Å²) in [5.74, 6) is -1.11. The molecule has 0 aliphatic rings. The molecule has 0 spiro atoms. The third-order valence-corrected chi connectivity index (χ3v) is 11.0. The van der Waals surface area contributed by atoms with Crippen LogP contribution in [0, 0.1) is 0 Å². The summed E-state index contributed by atoms with van der Waals surface area (Å²) >= 11 is 0. The molecule has 0 heterocycles. The van der Waals surface area contributed by atoms with Gasteiger partial charge in [-0.25, -0.2) is 0 Å². The fraction of sp³-hybridized carbons (Fsp3) is 0.764. The molecule has 352 valence electrons. The number of unbranched alkanes of at least 4 members (excludes halogenated alkanes) is 25. The van der Waals surface area contributed by atoms with Crippen molar-refractivity contribution in [2.45, 2.75) is 258 Å². The lowest BCUT2D eigenvalue weighted by Gasteiger charge is -2.18. The summed E-state index contributed by atoms with van der Waals surface area (Å²) in [6.45, 7) is 6.50. The molecule has 6 heteroatoms. The van der Waals surface area contributed by atoms with Gasteiger partial charge in [0.2, 0.25) is 0 Å². The van der Waals surface area contributed by atoms with Gasteiger partial charge in [0, 0.05) is 19.3 Å². The van der Waals surface area contributed by atoms with E-state index in [1.54, 1.807) is 0 Å². The van der Waals surface area contributed by atoms with Crippen LogP contribution in [0.2, 0.25) is 0 Å². The van der Waals surface area contributed by atoms with Crippen molar-refractivity contribution in [2.75, 3.05) is 13.2 Å². The van der Waals surface area contributed by atoms with E-state index in [2.05, 4.69) is 69.4 Å². The van der Waals surface area contributed by atoms with Gasteiger partial charge >= 0.3 is 17.9 Å². The van der Waals surface area contributed by atoms with Crippen LogP contribution in [0.15, 0.2) is 60.8 Å². The quantitative estimate of drug-likeness (QED) is 0.0263. The number of carbonyl (C=O) groups excluding carboxylic acids is 3. The first kappa shape index (κ1) is 58.1. The van der Waals surface area contributed by atoms with E-state index in [1.807, 2.05) is 12.2 Å². The van der Waals surface area contributed by atoms with Crippen molar-refractivity contribution in [2.24, 2.45) is 0 Å². The van der Waals surface area contributed by atoms with E-state index in [0.717, 1.165) is 32.1 Å². The first-order valence-electron chi connectivity index (χ1n) is 25.8. The van der Waals surface area contributed by atoms with E-state index >= 15 is 0 Å². The summed E-state index contributed by atoms with van der Waals surface area (Å²) in [5, 5.41) is 0. The zero-order valence-electron chi connectivity index (χ0n) is 40.2. The zero-order valence-corrected chi connectivity index (χ0v) is 40.2. The van der Waals surface area contributed by atoms with Gasteiger partial charge < -0.3 is 14.2 Å². The summed E-state index contributed by atoms with van der Waals surface area (Å²) in [6, 6.07) is 0. The largest absolute Gasteiger partial charge is 0.462 e. The Bertz CT molecular complexity index is 1120. The van der Waals surface area contributed by atoms with Crippen molar-refractivity contribution in [1.82, 2.24) is 0 Å². The van der Waals surface area contributed by atoms with Crippen LogP contribution in [0.5, 0.6) is 0 Å². The summed E-state index contributed by atoms with van der Waals surface area (Å²) in [7, 11) is 0. The van der Waals surface area contributed by atoms with Crippen LogP contribution in [0.3, 0.4) is 0 Å². The molecule has 0 aromatic carbocycles. The van der Waals surface area contributed by atoms with Crippen LogP contribution in [0.1, 0.15) is 252 Å². The molecule has 0 aromatic heterocycles. The van der Waals surface area contributed by atoms with Gasteiger partial charge in [-0.2, -0.15) is 0 Å². The van der Waals surface area contributed by atoms with E-state index < -0.39 is 12.1 Å². The van der Waals surface area contributed by atoms with E-state index in [9.17, 15) is 14.4 Å². The second-order valence-corrected chi connectivity index (χ2v) is 17.1. The summed E-state index contributed by atoms with van der Waals surface area (Å²) in [4.78, 5) is 37.8. The topological polar surface area (TPSA) is 78.9 Å². The average molecular weight is 853 g/mol. The molecular formula is C55H96O6. The molecule has 0 radical (unpaired) electrons. The maximum atomic E-state index is 12.7. The summed E-state index contributed by atoms with van der Waals surface area (Å²) in [6.07, 6.45) is 61.0. The smallest absolute Gasteiger partial charge is 0.306 e. The molecule has 0 saturated heterocycles. The standard InChI is InChI=1S/C55H96O6/c1-4-7-10-13-16-19-22-25-27-30-33-36-39-42-45-48-54(57)60-51-52(50-59-53(56)47-44-41-38-35-32-29-24-21-18-15-12-9-6-3)61-55(58)49-46-43-40-37-34-31-28-26-23-20-17-14-11-8-5-2/h30-31,33-34,38-43,52H,4-29,32,35-37,44-51H2,1-3H3. The Labute approximate surface area is 377 Å². The Balaban J connectivity index is 4.54. The van der Waals surface area contributed by atoms with Crippen LogP contribution in [-0.4, -0.2) is 37.2 Å². The number of hydrogen-bond donors (Lipinski definition) is 0. The Hall–Kier alpha value is -2.89. The number of rotatable bonds is 46. The molecule has 0 N–H and O–H groups in total. The predicted octanol–water partition coefficient (Wildman–Crippen LogP) is 16.9. The highest BCUT2D eigenvalue weighted by Gasteiger charge is 2.19. The Morgan fingerprint density at radius 3 is 0.934 bits per heavy atom. The summed E-state index contributed by atoms with van der Waals surface area (Å²) in [5.41, 5.74) is 0. The van der Waals surface area contributed by atoms with Gasteiger partial charge in [-0.3, -0.25) is 14.4 Å². The van der Waals surface area contributed by atoms with Gasteiger partial charge in [-0.05, 0) is 70.6 Å². The minimum absolute atomic E-state index is 0.134. The second kappa shape index (κ2) is 49.8. The van der Waals surface area contributed by atoms with Gasteiger partial charge in [-0.15, -0.1) is 0 Å². The Morgan fingerprint density at radius 2 is 0.590 bits per heavy atom. The van der Waals surface area contributed by atoms with Gasteiger partial charge in [-0.1, -0.05) is 223 Å². The van der Waals surface area contributed by atoms with E-state index in [0.29, 0.717) is 19.3 Å². The Kier molecular flexibility index (Phi) is 47.4. The normalized spacial score (nSPS) is 12.5. The third-order valence-electron chi connectivity index (χ3n) is 11.0. The molecule has 0 rings (SSSR count). The number of esters is 3. The minimum atomic E-state index is -0.840. The molecule has 0 aliphatic carbocycles. The van der Waals surface area contributed by atoms with Crippen molar-refractivity contribution < 1.29 is 28.6 Å². The molecule has 0 saturated carbocycles. The van der Waals surface area contributed by atoms with Gasteiger partial charge in [0.05, 0.1) is 0 Å². The molecule has 1 atom stereocenters. The fourth-order valence-electron chi connectivity index (χ4n) is 7.09. The number of hydrogen-bond acceptors (Lipinski definition) is 6. The fourth-order valence-corrected chi connectivity index (χ4v) is 7.09. The predicted molar refractivity (Wildman–Crippen MR) is 261 cm³/mol. The van der Waals surface area contributed by atoms with Crippen molar-refractivity contribution >= 4 is 17.9 Å². The monoisotopic (exact) mass is 853 g/mol. The maximum absolute atomic E-state index is 12.7. The first-order chi connectivity index (χ1) is 30.0. The third kappa shape index (κ3) is 48.0. The van der Waals surface area contributed by atoms with Crippen LogP contribution in [-0.2, 0) is 28.6 Å². The van der Waals surface area contributed by atoms with E-state index in [1.165, 1.54) is 161 Å². The van der Waals surface area contributed by atoms with E-state index in [4.69, 9.17) is 14.2 Å². The van der Waals surface area contributed by atoms with Gasteiger partial charge in [0.15, 0.2) is 6.10 Å². The lowest BCUT2D eigenvalue weighted by molar-refractivity contribution is -0.166.